The van der Waals surface area contributed by atoms with E-state index in [1.165, 1.54) is 16.7 Å². The number of ether oxygens (including phenoxy) is 2. The van der Waals surface area contributed by atoms with Crippen LogP contribution >= 0.6 is 11.8 Å². The normalized spacial score (nSPS) is 24.5. The van der Waals surface area contributed by atoms with Gasteiger partial charge in [0, 0.05) is 17.8 Å². The lowest BCUT2D eigenvalue weighted by Gasteiger charge is -2.28. The molecule has 0 aliphatic carbocycles. The summed E-state index contributed by atoms with van der Waals surface area (Å²) >= 11 is 1.43. The van der Waals surface area contributed by atoms with E-state index in [0.29, 0.717) is 13.1 Å². The van der Waals surface area contributed by atoms with E-state index < -0.39 is 40.2 Å². The van der Waals surface area contributed by atoms with Gasteiger partial charge in [-0.3, -0.25) is 4.90 Å². The van der Waals surface area contributed by atoms with Crippen molar-refractivity contribution in [2.75, 3.05) is 52.5 Å². The first-order valence-corrected chi connectivity index (χ1v) is 12.1. The van der Waals surface area contributed by atoms with Gasteiger partial charge in [0.1, 0.15) is 24.6 Å². The highest BCUT2D eigenvalue weighted by Crippen LogP contribution is 2.48. The predicted octanol–water partition coefficient (Wildman–Crippen LogP) is 1.37. The maximum atomic E-state index is 12.9. The number of urea groups is 1. The summed E-state index contributed by atoms with van der Waals surface area (Å²) in [7, 11) is 0. The minimum Gasteiger partial charge on any atom is -0.463 e. The first-order chi connectivity index (χ1) is 14.7. The van der Waals surface area contributed by atoms with Gasteiger partial charge in [0.25, 0.3) is 0 Å². The lowest BCUT2D eigenvalue weighted by molar-refractivity contribution is -0.151. The number of esters is 2. The van der Waals surface area contributed by atoms with Crippen LogP contribution in [0.25, 0.3) is 0 Å². The summed E-state index contributed by atoms with van der Waals surface area (Å²) in [5.74, 6) is -0.898. The van der Waals surface area contributed by atoms with Crippen LogP contribution in [-0.2, 0) is 19.1 Å². The van der Waals surface area contributed by atoms with Gasteiger partial charge in [-0.1, -0.05) is 27.7 Å². The van der Waals surface area contributed by atoms with Crippen LogP contribution in [-0.4, -0.2) is 107 Å². The Labute approximate surface area is 190 Å². The molecule has 10 heteroatoms. The molecule has 0 bridgehead atoms. The van der Waals surface area contributed by atoms with Crippen LogP contribution in [0.2, 0.25) is 0 Å². The average Bonchev–Trinajstić information content (AvgIpc) is 3.19. The molecule has 2 amide bonds. The van der Waals surface area contributed by atoms with E-state index in [4.69, 9.17) is 9.47 Å². The molecule has 0 aromatic carbocycles. The molecule has 3 atom stereocenters. The van der Waals surface area contributed by atoms with E-state index in [2.05, 4.69) is 42.8 Å². The standard InChI is InChI=1S/C21H38N4O5S/c1-7-23(8-2)11-13-29-18(26)15-17-25(20(28)22-15)16(21(5,6)31-17)19(27)30-14-12-24(9-3)10-4/h15-17H,7-14H2,1-6H3,(H,22,28)/t15-,16-,17+/m0/s1. The van der Waals surface area contributed by atoms with Crippen molar-refractivity contribution in [2.24, 2.45) is 0 Å². The van der Waals surface area contributed by atoms with Crippen molar-refractivity contribution in [3.63, 3.8) is 0 Å². The lowest BCUT2D eigenvalue weighted by Crippen LogP contribution is -2.50. The van der Waals surface area contributed by atoms with Crippen LogP contribution in [0, 0.1) is 0 Å². The predicted molar refractivity (Wildman–Crippen MR) is 121 cm³/mol. The minimum absolute atomic E-state index is 0.268. The van der Waals surface area contributed by atoms with E-state index in [-0.39, 0.29) is 13.2 Å². The third kappa shape index (κ3) is 6.04. The van der Waals surface area contributed by atoms with Gasteiger partial charge in [0.15, 0.2) is 6.04 Å². The van der Waals surface area contributed by atoms with Gasteiger partial charge in [0.05, 0.1) is 0 Å². The number of carbonyl (C=O) groups excluding carboxylic acids is 3. The van der Waals surface area contributed by atoms with Crippen molar-refractivity contribution in [1.29, 1.82) is 0 Å². The number of rotatable bonds is 12. The number of amides is 2. The molecule has 31 heavy (non-hydrogen) atoms. The van der Waals surface area contributed by atoms with E-state index in [9.17, 15) is 14.4 Å². The number of nitrogens with zero attached hydrogens (tertiary/aromatic N) is 3. The third-order valence-electron chi connectivity index (χ3n) is 6.00. The maximum Gasteiger partial charge on any atom is 0.331 e. The highest BCUT2D eigenvalue weighted by atomic mass is 32.2. The fourth-order valence-electron chi connectivity index (χ4n) is 4.03. The van der Waals surface area contributed by atoms with Crippen LogP contribution in [0.15, 0.2) is 0 Å². The number of fused-ring (bicyclic) bond motifs is 1. The lowest BCUT2D eigenvalue weighted by atomic mass is 10.0. The molecule has 178 valence electrons. The molecule has 2 rings (SSSR count). The molecule has 2 fully saturated rings. The van der Waals surface area contributed by atoms with Crippen molar-refractivity contribution in [3.05, 3.63) is 0 Å². The molecule has 0 aromatic rings. The second-order valence-electron chi connectivity index (χ2n) is 8.24. The number of nitrogens with one attached hydrogen (secondary N) is 1. The Morgan fingerprint density at radius 1 is 0.968 bits per heavy atom. The topological polar surface area (TPSA) is 91.4 Å². The van der Waals surface area contributed by atoms with E-state index >= 15 is 0 Å². The molecule has 0 spiro atoms. The van der Waals surface area contributed by atoms with Gasteiger partial charge in [-0.05, 0) is 40.0 Å². The van der Waals surface area contributed by atoms with Crippen LogP contribution < -0.4 is 5.32 Å². The summed E-state index contributed by atoms with van der Waals surface area (Å²) in [5.41, 5.74) is 0. The Hall–Kier alpha value is -1.52. The van der Waals surface area contributed by atoms with Gasteiger partial charge in [-0.25, -0.2) is 14.4 Å². The van der Waals surface area contributed by atoms with Crippen molar-refractivity contribution < 1.29 is 23.9 Å². The van der Waals surface area contributed by atoms with Crippen molar-refractivity contribution in [3.8, 4) is 0 Å². The van der Waals surface area contributed by atoms with Gasteiger partial charge in [0.2, 0.25) is 0 Å². The number of hydrogen-bond acceptors (Lipinski definition) is 8. The van der Waals surface area contributed by atoms with Crippen LogP contribution in [0.5, 0.6) is 0 Å². The summed E-state index contributed by atoms with van der Waals surface area (Å²) in [6.07, 6.45) is 0. The van der Waals surface area contributed by atoms with Crippen molar-refractivity contribution >= 4 is 29.7 Å². The molecule has 0 unspecified atom stereocenters. The summed E-state index contributed by atoms with van der Waals surface area (Å²) in [5, 5.41) is 2.20. The van der Waals surface area contributed by atoms with Crippen LogP contribution in [0.1, 0.15) is 41.5 Å². The quantitative estimate of drug-likeness (QED) is 0.439. The zero-order valence-electron chi connectivity index (χ0n) is 19.7. The van der Waals surface area contributed by atoms with Crippen molar-refractivity contribution in [2.45, 2.75) is 63.7 Å². The van der Waals surface area contributed by atoms with Crippen molar-refractivity contribution in [1.82, 2.24) is 20.0 Å². The number of thioether (sulfide) groups is 1. The van der Waals surface area contributed by atoms with Gasteiger partial charge in [-0.15, -0.1) is 11.8 Å². The number of hydrogen-bond donors (Lipinski definition) is 1. The molecule has 0 radical (unpaired) electrons. The molecule has 9 nitrogen and oxygen atoms in total. The molecular formula is C21H38N4O5S. The van der Waals surface area contributed by atoms with E-state index in [1.54, 1.807) is 0 Å². The fourth-order valence-corrected chi connectivity index (χ4v) is 5.63. The first-order valence-electron chi connectivity index (χ1n) is 11.2. The Bertz CT molecular complexity index is 639. The second-order valence-corrected chi connectivity index (χ2v) is 10.0. The largest absolute Gasteiger partial charge is 0.463 e. The maximum absolute atomic E-state index is 12.9. The molecule has 2 saturated heterocycles. The van der Waals surface area contributed by atoms with E-state index in [0.717, 1.165) is 26.2 Å². The number of carbonyl (C=O) groups is 3. The Morgan fingerprint density at radius 2 is 1.45 bits per heavy atom. The number of likely N-dealkylation sites (N-methyl/N-ethyl adjacent to an activating group) is 2. The SMILES string of the molecule is CCN(CC)CCOC(=O)[C@H]1NC(=O)N2[C@@H]1SC(C)(C)[C@@H]2C(=O)OCCN(CC)CC. The first kappa shape index (κ1) is 25.7. The second kappa shape index (κ2) is 11.4. The zero-order valence-corrected chi connectivity index (χ0v) is 20.5. The molecule has 0 aromatic heterocycles. The Morgan fingerprint density at radius 3 is 1.94 bits per heavy atom. The van der Waals surface area contributed by atoms with Crippen LogP contribution in [0.4, 0.5) is 4.79 Å². The average molecular weight is 459 g/mol. The van der Waals surface area contributed by atoms with Gasteiger partial charge >= 0.3 is 18.0 Å². The molecule has 2 aliphatic heterocycles. The Kier molecular flexibility index (Phi) is 9.45. The van der Waals surface area contributed by atoms with Crippen LogP contribution in [0.3, 0.4) is 0 Å². The Balaban J connectivity index is 1.99. The third-order valence-corrected chi connectivity index (χ3v) is 7.58. The summed E-state index contributed by atoms with van der Waals surface area (Å²) in [6.45, 7) is 17.4. The van der Waals surface area contributed by atoms with E-state index in [1.807, 2.05) is 13.8 Å². The molecule has 1 N–H and O–H groups in total. The molecule has 2 aliphatic rings. The summed E-state index contributed by atoms with van der Waals surface area (Å²) in [4.78, 5) is 44.0. The summed E-state index contributed by atoms with van der Waals surface area (Å²) < 4.78 is 10.4. The molecular weight excluding hydrogens is 420 g/mol. The minimum atomic E-state index is -0.804. The van der Waals surface area contributed by atoms with Gasteiger partial charge in [-0.2, -0.15) is 0 Å². The monoisotopic (exact) mass is 458 g/mol. The molecule has 2 heterocycles. The summed E-state index contributed by atoms with van der Waals surface area (Å²) in [6, 6.07) is -1.99. The highest BCUT2D eigenvalue weighted by molar-refractivity contribution is 8.01. The van der Waals surface area contributed by atoms with Gasteiger partial charge < -0.3 is 24.6 Å². The highest BCUT2D eigenvalue weighted by Gasteiger charge is 2.61. The zero-order chi connectivity index (χ0) is 23.2. The fraction of sp³-hybridized carbons (Fsp3) is 0.857. The smallest absolute Gasteiger partial charge is 0.331 e. The molecule has 0 saturated carbocycles.